The third-order valence-corrected chi connectivity index (χ3v) is 4.17. The van der Waals surface area contributed by atoms with Gasteiger partial charge in [0.1, 0.15) is 0 Å². The lowest BCUT2D eigenvalue weighted by Crippen LogP contribution is -2.38. The van der Waals surface area contributed by atoms with E-state index in [0.29, 0.717) is 5.92 Å². The summed E-state index contributed by atoms with van der Waals surface area (Å²) in [5, 5.41) is 3.53. The molecule has 0 spiro atoms. The number of allylic oxidation sites excluding steroid dienone is 1. The Bertz CT molecular complexity index is 419. The molecular weight excluding hydrogens is 208 g/mol. The van der Waals surface area contributed by atoms with Crippen molar-refractivity contribution in [3.05, 3.63) is 35.7 Å². The van der Waals surface area contributed by atoms with Crippen molar-refractivity contribution in [2.24, 2.45) is 11.8 Å². The van der Waals surface area contributed by atoms with Crippen molar-refractivity contribution in [3.63, 3.8) is 0 Å². The molecule has 0 saturated carbocycles. The maximum absolute atomic E-state index is 4.43. The molecule has 2 heteroatoms. The van der Waals surface area contributed by atoms with E-state index in [-0.39, 0.29) is 0 Å². The Morgan fingerprint density at radius 2 is 2.24 bits per heavy atom. The molecular formula is C15H20N2. The number of aromatic nitrogens is 1. The lowest BCUT2D eigenvalue weighted by molar-refractivity contribution is 0.285. The van der Waals surface area contributed by atoms with Crippen molar-refractivity contribution >= 4 is 5.57 Å². The summed E-state index contributed by atoms with van der Waals surface area (Å²) in [6, 6.07) is 4.35. The van der Waals surface area contributed by atoms with Gasteiger partial charge in [-0.15, -0.1) is 0 Å². The van der Waals surface area contributed by atoms with Crippen LogP contribution in [0.1, 0.15) is 30.5 Å². The van der Waals surface area contributed by atoms with Crippen LogP contribution in [-0.2, 0) is 0 Å². The zero-order valence-corrected chi connectivity index (χ0v) is 10.4. The molecule has 0 aromatic carbocycles. The summed E-state index contributed by atoms with van der Waals surface area (Å²) in [7, 11) is 0. The maximum Gasteiger partial charge on any atom is 0.0373 e. The van der Waals surface area contributed by atoms with Crippen LogP contribution in [0.5, 0.6) is 0 Å². The van der Waals surface area contributed by atoms with Gasteiger partial charge in [-0.05, 0) is 61.8 Å². The Hall–Kier alpha value is -1.15. The van der Waals surface area contributed by atoms with Gasteiger partial charge < -0.3 is 5.32 Å². The van der Waals surface area contributed by atoms with Crippen LogP contribution >= 0.6 is 0 Å². The fraction of sp³-hybridized carbons (Fsp3) is 0.533. The molecule has 1 aliphatic carbocycles. The van der Waals surface area contributed by atoms with Crippen LogP contribution in [0, 0.1) is 18.8 Å². The first-order valence-corrected chi connectivity index (χ1v) is 6.68. The minimum atomic E-state index is 0.710. The molecule has 2 aliphatic rings. The van der Waals surface area contributed by atoms with Gasteiger partial charge in [-0.1, -0.05) is 12.1 Å². The van der Waals surface area contributed by atoms with E-state index in [1.165, 1.54) is 36.9 Å². The zero-order chi connectivity index (χ0) is 11.7. The SMILES string of the molecule is Cc1ccc(C2=CCCC3CCNCC23)cn1. The molecule has 0 radical (unpaired) electrons. The highest BCUT2D eigenvalue weighted by molar-refractivity contribution is 5.68. The first-order valence-electron chi connectivity index (χ1n) is 6.68. The molecule has 3 rings (SSSR count). The molecule has 90 valence electrons. The summed E-state index contributed by atoms with van der Waals surface area (Å²) in [5.74, 6) is 1.60. The summed E-state index contributed by atoms with van der Waals surface area (Å²) in [4.78, 5) is 4.43. The van der Waals surface area contributed by atoms with Gasteiger partial charge in [-0.3, -0.25) is 4.98 Å². The molecule has 1 N–H and O–H groups in total. The van der Waals surface area contributed by atoms with Crippen LogP contribution in [0.15, 0.2) is 24.4 Å². The van der Waals surface area contributed by atoms with Crippen LogP contribution in [0.25, 0.3) is 5.57 Å². The second kappa shape index (κ2) is 4.61. The molecule has 2 heterocycles. The van der Waals surface area contributed by atoms with Crippen LogP contribution < -0.4 is 5.32 Å². The summed E-state index contributed by atoms with van der Waals surface area (Å²) in [6.45, 7) is 4.38. The third kappa shape index (κ3) is 2.14. The normalized spacial score (nSPS) is 28.4. The minimum absolute atomic E-state index is 0.710. The third-order valence-electron chi connectivity index (χ3n) is 4.17. The Labute approximate surface area is 103 Å². The average Bonchev–Trinajstić information content (AvgIpc) is 2.39. The number of fused-ring (bicyclic) bond motifs is 1. The second-order valence-electron chi connectivity index (χ2n) is 5.28. The van der Waals surface area contributed by atoms with Crippen LogP contribution in [-0.4, -0.2) is 18.1 Å². The van der Waals surface area contributed by atoms with Crippen LogP contribution in [0.4, 0.5) is 0 Å². The quantitative estimate of drug-likeness (QED) is 0.799. The molecule has 2 nitrogen and oxygen atoms in total. The first kappa shape index (κ1) is 11.0. The summed E-state index contributed by atoms with van der Waals surface area (Å²) >= 11 is 0. The summed E-state index contributed by atoms with van der Waals surface area (Å²) in [6.07, 6.45) is 8.42. The van der Waals surface area contributed by atoms with Gasteiger partial charge in [0.15, 0.2) is 0 Å². The number of nitrogens with zero attached hydrogens (tertiary/aromatic N) is 1. The Kier molecular flexibility index (Phi) is 2.98. The van der Waals surface area contributed by atoms with E-state index in [2.05, 4.69) is 28.5 Å². The predicted octanol–water partition coefficient (Wildman–Crippen LogP) is 2.79. The van der Waals surface area contributed by atoms with Crippen molar-refractivity contribution in [1.82, 2.24) is 10.3 Å². The van der Waals surface area contributed by atoms with Crippen molar-refractivity contribution in [2.45, 2.75) is 26.2 Å². The number of rotatable bonds is 1. The molecule has 1 fully saturated rings. The number of nitrogens with one attached hydrogen (secondary N) is 1. The molecule has 2 atom stereocenters. The molecule has 17 heavy (non-hydrogen) atoms. The van der Waals surface area contributed by atoms with Gasteiger partial charge >= 0.3 is 0 Å². The smallest absolute Gasteiger partial charge is 0.0373 e. The fourth-order valence-electron chi connectivity index (χ4n) is 3.20. The van der Waals surface area contributed by atoms with Gasteiger partial charge in [0.2, 0.25) is 0 Å². The molecule has 1 aromatic heterocycles. The van der Waals surface area contributed by atoms with Crippen LogP contribution in [0.2, 0.25) is 0 Å². The number of aryl methyl sites for hydroxylation is 1. The molecule has 0 bridgehead atoms. The highest BCUT2D eigenvalue weighted by Crippen LogP contribution is 2.39. The van der Waals surface area contributed by atoms with Gasteiger partial charge in [-0.2, -0.15) is 0 Å². The summed E-state index contributed by atoms with van der Waals surface area (Å²) < 4.78 is 0. The van der Waals surface area contributed by atoms with E-state index in [0.717, 1.165) is 18.2 Å². The molecule has 0 amide bonds. The number of hydrogen-bond donors (Lipinski definition) is 1. The topological polar surface area (TPSA) is 24.9 Å². The highest BCUT2D eigenvalue weighted by atomic mass is 14.9. The van der Waals surface area contributed by atoms with Crippen molar-refractivity contribution in [2.75, 3.05) is 13.1 Å². The van der Waals surface area contributed by atoms with Crippen molar-refractivity contribution in [1.29, 1.82) is 0 Å². The lowest BCUT2D eigenvalue weighted by atomic mass is 9.73. The first-order chi connectivity index (χ1) is 8.34. The number of pyridine rings is 1. The molecule has 1 aromatic rings. The van der Waals surface area contributed by atoms with Crippen molar-refractivity contribution in [3.8, 4) is 0 Å². The highest BCUT2D eigenvalue weighted by Gasteiger charge is 2.30. The molecule has 1 aliphatic heterocycles. The summed E-state index contributed by atoms with van der Waals surface area (Å²) in [5.41, 5.74) is 3.96. The molecule has 2 unspecified atom stereocenters. The Morgan fingerprint density at radius 1 is 1.29 bits per heavy atom. The van der Waals surface area contributed by atoms with Gasteiger partial charge in [0.05, 0.1) is 0 Å². The number of hydrogen-bond acceptors (Lipinski definition) is 2. The van der Waals surface area contributed by atoms with E-state index >= 15 is 0 Å². The van der Waals surface area contributed by atoms with Gasteiger partial charge in [-0.25, -0.2) is 0 Å². The second-order valence-corrected chi connectivity index (χ2v) is 5.28. The van der Waals surface area contributed by atoms with E-state index in [1.807, 2.05) is 13.1 Å². The van der Waals surface area contributed by atoms with Crippen molar-refractivity contribution < 1.29 is 0 Å². The van der Waals surface area contributed by atoms with E-state index < -0.39 is 0 Å². The zero-order valence-electron chi connectivity index (χ0n) is 10.4. The molecule has 1 saturated heterocycles. The monoisotopic (exact) mass is 228 g/mol. The van der Waals surface area contributed by atoms with Gasteiger partial charge in [0.25, 0.3) is 0 Å². The van der Waals surface area contributed by atoms with E-state index in [1.54, 1.807) is 0 Å². The minimum Gasteiger partial charge on any atom is -0.316 e. The Morgan fingerprint density at radius 3 is 3.06 bits per heavy atom. The average molecular weight is 228 g/mol. The van der Waals surface area contributed by atoms with Crippen LogP contribution in [0.3, 0.4) is 0 Å². The van der Waals surface area contributed by atoms with E-state index in [4.69, 9.17) is 0 Å². The largest absolute Gasteiger partial charge is 0.316 e. The number of piperidine rings is 1. The maximum atomic E-state index is 4.43. The fourth-order valence-corrected chi connectivity index (χ4v) is 3.20. The van der Waals surface area contributed by atoms with E-state index in [9.17, 15) is 0 Å². The van der Waals surface area contributed by atoms with Gasteiger partial charge in [0, 0.05) is 18.4 Å². The standard InChI is InChI=1S/C15H20N2/c1-11-5-6-13(9-17-11)14-4-2-3-12-7-8-16-10-15(12)14/h4-6,9,12,15-16H,2-3,7-8,10H2,1H3. The lowest BCUT2D eigenvalue weighted by Gasteiger charge is -2.37. The predicted molar refractivity (Wildman–Crippen MR) is 70.7 cm³/mol. The Balaban J connectivity index is 1.90.